The fourth-order valence-corrected chi connectivity index (χ4v) is 4.52. The van der Waals surface area contributed by atoms with Gasteiger partial charge in [-0.1, -0.05) is 19.8 Å². The van der Waals surface area contributed by atoms with Crippen LogP contribution in [0.5, 0.6) is 0 Å². The lowest BCUT2D eigenvalue weighted by Crippen LogP contribution is -2.35. The van der Waals surface area contributed by atoms with E-state index in [1.807, 2.05) is 6.92 Å². The molecule has 2 atom stereocenters. The Hall–Kier alpha value is -3.77. The summed E-state index contributed by atoms with van der Waals surface area (Å²) >= 11 is 0. The van der Waals surface area contributed by atoms with Crippen LogP contribution >= 0.6 is 0 Å². The number of nitrogens with zero attached hydrogens (tertiary/aromatic N) is 1. The molecule has 0 radical (unpaired) electrons. The number of carbonyl (C=O) groups excluding carboxylic acids is 5. The van der Waals surface area contributed by atoms with Crippen molar-refractivity contribution < 1.29 is 52.8 Å². The zero-order valence-corrected chi connectivity index (χ0v) is 29.2. The molecule has 3 amide bonds. The Labute approximate surface area is 293 Å². The first-order chi connectivity index (χ1) is 24.1. The largest absolute Gasteiger partial charge is 0.481 e. The highest BCUT2D eigenvalue weighted by atomic mass is 16.5. The van der Waals surface area contributed by atoms with Gasteiger partial charge in [0.25, 0.3) is 0 Å². The molecule has 0 aliphatic carbocycles. The van der Waals surface area contributed by atoms with Gasteiger partial charge in [-0.3, -0.25) is 28.8 Å². The normalized spacial score (nSPS) is 12.2. The molecular formula is C33H56N6O11. The lowest BCUT2D eigenvalue weighted by Gasteiger charge is -2.17. The number of carboxylic acids is 1. The number of ketones is 2. The molecule has 17 nitrogen and oxygen atoms in total. The minimum atomic E-state index is -1.08. The standard InChI is InChI=1S/C33H56N6O11/c1-2-3-7-30(42)37-11-13-47-15-18-50-23-32(44)38-12-14-48-16-17-49-22-31(43)36-10-5-4-6-25(28(40)8-9-33(45)46)19-29(41)27(34)20-26-21-35-24-39-26/h21,24-25,27H,2-20,22-23,34H2,1H3,(H,35,39)(H,36,43)(H,37,42)(H,38,44)(H,45,46)/t25-,27+/m1/s1. The number of amides is 3. The van der Waals surface area contributed by atoms with Gasteiger partial charge in [0.2, 0.25) is 17.7 Å². The van der Waals surface area contributed by atoms with Crippen LogP contribution < -0.4 is 21.7 Å². The van der Waals surface area contributed by atoms with E-state index in [1.165, 1.54) is 6.33 Å². The zero-order valence-electron chi connectivity index (χ0n) is 29.2. The molecule has 50 heavy (non-hydrogen) atoms. The Morgan fingerprint density at radius 2 is 1.36 bits per heavy atom. The van der Waals surface area contributed by atoms with E-state index in [1.54, 1.807) is 6.20 Å². The van der Waals surface area contributed by atoms with Crippen molar-refractivity contribution >= 4 is 35.3 Å². The summed E-state index contributed by atoms with van der Waals surface area (Å²) in [6.07, 6.45) is 6.59. The predicted octanol–water partition coefficient (Wildman–Crippen LogP) is 0.0643. The topological polar surface area (TPSA) is 250 Å². The van der Waals surface area contributed by atoms with Gasteiger partial charge in [-0.15, -0.1) is 0 Å². The average Bonchev–Trinajstić information content (AvgIpc) is 3.60. The number of aliphatic carboxylic acids is 1. The molecule has 0 bridgehead atoms. The number of unbranched alkanes of at least 4 members (excludes halogenated alkanes) is 2. The van der Waals surface area contributed by atoms with E-state index in [4.69, 9.17) is 29.8 Å². The van der Waals surface area contributed by atoms with Crippen LogP contribution in [0.4, 0.5) is 0 Å². The molecule has 7 N–H and O–H groups in total. The highest BCUT2D eigenvalue weighted by Crippen LogP contribution is 2.19. The SMILES string of the molecule is CCCCC(=O)NCCOCCOCC(=O)NCCOCCOCC(=O)NCCCC[C@H](CC(=O)[C@@H](N)Cc1cnc[nH]1)C(=O)CCC(=O)O. The van der Waals surface area contributed by atoms with Crippen LogP contribution in [0.1, 0.15) is 70.4 Å². The van der Waals surface area contributed by atoms with Gasteiger partial charge in [-0.2, -0.15) is 0 Å². The van der Waals surface area contributed by atoms with Crippen LogP contribution in [0.15, 0.2) is 12.5 Å². The second-order valence-electron chi connectivity index (χ2n) is 11.6. The van der Waals surface area contributed by atoms with Crippen molar-refractivity contribution in [2.24, 2.45) is 11.7 Å². The van der Waals surface area contributed by atoms with Gasteiger partial charge >= 0.3 is 5.97 Å². The number of Topliss-reactive ketones (excluding diaryl/α,β-unsaturated/α-hetero) is 2. The van der Waals surface area contributed by atoms with E-state index in [-0.39, 0.29) is 101 Å². The van der Waals surface area contributed by atoms with Crippen molar-refractivity contribution in [3.8, 4) is 0 Å². The number of imidazole rings is 1. The van der Waals surface area contributed by atoms with Gasteiger partial charge in [-0.25, -0.2) is 4.98 Å². The number of nitrogens with one attached hydrogen (secondary N) is 4. The molecule has 284 valence electrons. The summed E-state index contributed by atoms with van der Waals surface area (Å²) in [6, 6.07) is -0.813. The maximum absolute atomic E-state index is 12.7. The van der Waals surface area contributed by atoms with Crippen molar-refractivity contribution in [1.29, 1.82) is 0 Å². The number of aromatic nitrogens is 2. The van der Waals surface area contributed by atoms with Gasteiger partial charge in [0.05, 0.1) is 58.4 Å². The third-order valence-corrected chi connectivity index (χ3v) is 7.30. The van der Waals surface area contributed by atoms with Crippen molar-refractivity contribution in [2.45, 2.75) is 77.2 Å². The molecule has 0 spiro atoms. The summed E-state index contributed by atoms with van der Waals surface area (Å²) in [5.74, 6) is -2.89. The fourth-order valence-electron chi connectivity index (χ4n) is 4.52. The van der Waals surface area contributed by atoms with E-state index < -0.39 is 17.9 Å². The van der Waals surface area contributed by atoms with Crippen molar-refractivity contribution in [1.82, 2.24) is 25.9 Å². The van der Waals surface area contributed by atoms with Gasteiger partial charge in [0, 0.05) is 63.1 Å². The average molecular weight is 713 g/mol. The van der Waals surface area contributed by atoms with E-state index >= 15 is 0 Å². The molecule has 1 aromatic rings. The molecule has 1 rings (SSSR count). The maximum atomic E-state index is 12.7. The van der Waals surface area contributed by atoms with Crippen LogP contribution in [0, 0.1) is 5.92 Å². The Kier molecular flexibility index (Phi) is 25.7. The second kappa shape index (κ2) is 29.0. The van der Waals surface area contributed by atoms with E-state index in [0.29, 0.717) is 57.7 Å². The van der Waals surface area contributed by atoms with E-state index in [9.17, 15) is 28.8 Å². The number of carboxylic acid groups (broad SMARTS) is 1. The Morgan fingerprint density at radius 3 is 1.94 bits per heavy atom. The first-order valence-corrected chi connectivity index (χ1v) is 17.2. The molecule has 0 unspecified atom stereocenters. The molecule has 0 fully saturated rings. The summed E-state index contributed by atoms with van der Waals surface area (Å²) in [5.41, 5.74) is 6.73. The number of H-pyrrole nitrogens is 1. The highest BCUT2D eigenvalue weighted by molar-refractivity contribution is 5.91. The second-order valence-corrected chi connectivity index (χ2v) is 11.6. The van der Waals surface area contributed by atoms with Crippen LogP contribution in [0.3, 0.4) is 0 Å². The number of rotatable bonds is 33. The van der Waals surface area contributed by atoms with Crippen LogP contribution in [-0.2, 0) is 54.1 Å². The third kappa shape index (κ3) is 24.4. The fraction of sp³-hybridized carbons (Fsp3) is 0.727. The highest BCUT2D eigenvalue weighted by Gasteiger charge is 2.25. The summed E-state index contributed by atoms with van der Waals surface area (Å²) in [6.45, 7) is 4.45. The number of ether oxygens (including phenoxy) is 4. The van der Waals surface area contributed by atoms with Crippen molar-refractivity contribution in [3.63, 3.8) is 0 Å². The quantitative estimate of drug-likeness (QED) is 0.0529. The molecule has 0 aromatic carbocycles. The Bertz CT molecular complexity index is 1120. The molecule has 1 heterocycles. The molecule has 0 aliphatic rings. The van der Waals surface area contributed by atoms with Crippen molar-refractivity contribution in [2.75, 3.05) is 72.5 Å². The predicted molar refractivity (Wildman–Crippen MR) is 181 cm³/mol. The minimum absolute atomic E-state index is 0.0140. The number of hydrogen-bond acceptors (Lipinski definition) is 12. The van der Waals surface area contributed by atoms with E-state index in [0.717, 1.165) is 12.8 Å². The number of carbonyl (C=O) groups is 6. The molecular weight excluding hydrogens is 656 g/mol. The van der Waals surface area contributed by atoms with Crippen LogP contribution in [-0.4, -0.2) is 129 Å². The molecule has 0 saturated carbocycles. The minimum Gasteiger partial charge on any atom is -0.481 e. The maximum Gasteiger partial charge on any atom is 0.303 e. The Balaban J connectivity index is 2.06. The lowest BCUT2D eigenvalue weighted by atomic mass is 9.87. The summed E-state index contributed by atoms with van der Waals surface area (Å²) in [4.78, 5) is 78.4. The van der Waals surface area contributed by atoms with Crippen molar-refractivity contribution in [3.05, 3.63) is 18.2 Å². The first kappa shape index (κ1) is 44.3. The molecule has 17 heteroatoms. The molecule has 0 saturated heterocycles. The smallest absolute Gasteiger partial charge is 0.303 e. The van der Waals surface area contributed by atoms with Gasteiger partial charge in [0.15, 0.2) is 5.78 Å². The number of aromatic amines is 1. The zero-order chi connectivity index (χ0) is 36.8. The van der Waals surface area contributed by atoms with E-state index in [2.05, 4.69) is 25.9 Å². The third-order valence-electron chi connectivity index (χ3n) is 7.30. The Morgan fingerprint density at radius 1 is 0.760 bits per heavy atom. The van der Waals surface area contributed by atoms with Gasteiger partial charge in [0.1, 0.15) is 19.0 Å². The van der Waals surface area contributed by atoms with Gasteiger partial charge < -0.3 is 50.7 Å². The molecule has 1 aromatic heterocycles. The molecule has 0 aliphatic heterocycles. The number of nitrogens with two attached hydrogens (primary N) is 1. The summed E-state index contributed by atoms with van der Waals surface area (Å²) in [5, 5.41) is 17.1. The summed E-state index contributed by atoms with van der Waals surface area (Å²) in [7, 11) is 0. The number of hydrogen-bond donors (Lipinski definition) is 6. The lowest BCUT2D eigenvalue weighted by molar-refractivity contribution is -0.139. The van der Waals surface area contributed by atoms with Gasteiger partial charge in [-0.05, 0) is 19.3 Å². The monoisotopic (exact) mass is 712 g/mol. The first-order valence-electron chi connectivity index (χ1n) is 17.2. The summed E-state index contributed by atoms with van der Waals surface area (Å²) < 4.78 is 21.3. The van der Waals surface area contributed by atoms with Crippen LogP contribution in [0.25, 0.3) is 0 Å². The van der Waals surface area contributed by atoms with Crippen LogP contribution in [0.2, 0.25) is 0 Å².